The molecule has 0 unspecified atom stereocenters. The fourth-order valence-electron chi connectivity index (χ4n) is 2.05. The van der Waals surface area contributed by atoms with Crippen LogP contribution in [0.4, 0.5) is 13.2 Å². The van der Waals surface area contributed by atoms with Crippen molar-refractivity contribution in [3.63, 3.8) is 0 Å². The first-order chi connectivity index (χ1) is 12.1. The summed E-state index contributed by atoms with van der Waals surface area (Å²) in [4.78, 5) is 24.5. The number of rotatable bonds is 3. The molecule has 3 aromatic rings. The second-order valence-corrected chi connectivity index (χ2v) is 6.00. The van der Waals surface area contributed by atoms with Gasteiger partial charge in [0.15, 0.2) is 17.3 Å². The van der Waals surface area contributed by atoms with Crippen LogP contribution in [0.15, 0.2) is 29.2 Å². The molecule has 6 nitrogen and oxygen atoms in total. The predicted octanol–water partition coefficient (Wildman–Crippen LogP) is 4.59. The highest BCUT2D eigenvalue weighted by Gasteiger charge is 2.39. The number of hydrogen-bond donors (Lipinski definition) is 2. The molecule has 0 aliphatic heterocycles. The lowest BCUT2D eigenvalue weighted by Gasteiger charge is -2.13. The van der Waals surface area contributed by atoms with Crippen LogP contribution >= 0.6 is 23.2 Å². The van der Waals surface area contributed by atoms with E-state index in [9.17, 15) is 18.0 Å². The van der Waals surface area contributed by atoms with E-state index in [4.69, 9.17) is 27.9 Å². The van der Waals surface area contributed by atoms with Crippen LogP contribution in [-0.4, -0.2) is 19.9 Å². The van der Waals surface area contributed by atoms with E-state index in [0.717, 1.165) is 0 Å². The minimum absolute atomic E-state index is 0.00816. The van der Waals surface area contributed by atoms with Gasteiger partial charge in [0.25, 0.3) is 5.56 Å². The van der Waals surface area contributed by atoms with Gasteiger partial charge in [-0.3, -0.25) is 4.79 Å². The lowest BCUT2D eigenvalue weighted by molar-refractivity contribution is -0.142. The summed E-state index contributed by atoms with van der Waals surface area (Å²) >= 11 is 11.6. The third-order valence-electron chi connectivity index (χ3n) is 3.18. The number of nitrogens with zero attached hydrogens (tertiary/aromatic N) is 2. The van der Waals surface area contributed by atoms with Crippen molar-refractivity contribution in [3.8, 4) is 23.1 Å². The zero-order valence-corrected chi connectivity index (χ0v) is 14.4. The Morgan fingerprint density at radius 3 is 2.42 bits per heavy atom. The maximum Gasteiger partial charge on any atom is 0.437 e. The van der Waals surface area contributed by atoms with Gasteiger partial charge in [0, 0.05) is 18.0 Å². The van der Waals surface area contributed by atoms with Crippen LogP contribution < -0.4 is 10.3 Å². The Kier molecular flexibility index (Phi) is 4.68. The number of aromatic nitrogens is 4. The molecule has 2 N–H and O–H groups in total. The zero-order chi connectivity index (χ0) is 19.1. The average Bonchev–Trinajstić information content (AvgIpc) is 2.98. The van der Waals surface area contributed by atoms with E-state index >= 15 is 0 Å². The summed E-state index contributed by atoms with van der Waals surface area (Å²) in [7, 11) is 0. The summed E-state index contributed by atoms with van der Waals surface area (Å²) in [5, 5.41) is 0.246. The number of benzene rings is 1. The molecule has 2 heterocycles. The summed E-state index contributed by atoms with van der Waals surface area (Å²) in [6, 6.07) is 3.79. The Labute approximate surface area is 154 Å². The molecule has 0 aliphatic rings. The molecule has 0 saturated carbocycles. The molecule has 1 aromatic carbocycles. The smallest absolute Gasteiger partial charge is 0.437 e. The van der Waals surface area contributed by atoms with Crippen molar-refractivity contribution in [2.24, 2.45) is 0 Å². The van der Waals surface area contributed by atoms with Gasteiger partial charge in [-0.1, -0.05) is 23.2 Å². The second kappa shape index (κ2) is 6.65. The van der Waals surface area contributed by atoms with E-state index < -0.39 is 23.2 Å². The van der Waals surface area contributed by atoms with E-state index in [2.05, 4.69) is 19.9 Å². The van der Waals surface area contributed by atoms with E-state index in [1.807, 2.05) is 0 Å². The maximum atomic E-state index is 13.4. The largest absolute Gasteiger partial charge is 0.449 e. The number of ether oxygens (including phenoxy) is 1. The molecule has 2 aromatic heterocycles. The van der Waals surface area contributed by atoms with Gasteiger partial charge < -0.3 is 14.7 Å². The van der Waals surface area contributed by atoms with Gasteiger partial charge in [0.2, 0.25) is 5.75 Å². The highest BCUT2D eigenvalue weighted by atomic mass is 35.5. The van der Waals surface area contributed by atoms with Crippen LogP contribution in [-0.2, 0) is 6.18 Å². The van der Waals surface area contributed by atoms with Gasteiger partial charge in [-0.05, 0) is 19.1 Å². The second-order valence-electron chi connectivity index (χ2n) is 5.18. The van der Waals surface area contributed by atoms with Gasteiger partial charge >= 0.3 is 6.18 Å². The molecule has 136 valence electrons. The standard InChI is InChI=1S/C15H9Cl2F3N4O2/c1-6-5-21-12(22-6)13-23-11(15(18,19)20)10(14(25)24-13)26-7-2-3-8(16)9(17)4-7/h2-5H,1H3,(H,21,22)(H,23,24,25). The number of imidazole rings is 1. The van der Waals surface area contributed by atoms with Crippen LogP contribution in [0.25, 0.3) is 11.6 Å². The molecular weight excluding hydrogens is 396 g/mol. The molecule has 0 spiro atoms. The number of alkyl halides is 3. The van der Waals surface area contributed by atoms with E-state index in [0.29, 0.717) is 5.69 Å². The van der Waals surface area contributed by atoms with Crippen LogP contribution in [0.1, 0.15) is 11.4 Å². The zero-order valence-electron chi connectivity index (χ0n) is 12.9. The molecule has 0 amide bonds. The topological polar surface area (TPSA) is 83.7 Å². The van der Waals surface area contributed by atoms with Crippen LogP contribution in [0.5, 0.6) is 11.5 Å². The molecule has 0 radical (unpaired) electrons. The van der Waals surface area contributed by atoms with Gasteiger partial charge in [-0.2, -0.15) is 13.2 Å². The van der Waals surface area contributed by atoms with Crippen LogP contribution in [0, 0.1) is 6.92 Å². The Hall–Kier alpha value is -2.52. The van der Waals surface area contributed by atoms with Gasteiger partial charge in [-0.25, -0.2) is 9.97 Å². The lowest BCUT2D eigenvalue weighted by atomic mass is 10.3. The Morgan fingerprint density at radius 2 is 1.85 bits per heavy atom. The van der Waals surface area contributed by atoms with Crippen molar-refractivity contribution in [3.05, 3.63) is 56.2 Å². The molecular formula is C15H9Cl2F3N4O2. The van der Waals surface area contributed by atoms with E-state index in [1.54, 1.807) is 6.92 Å². The molecule has 11 heteroatoms. The van der Waals surface area contributed by atoms with Crippen molar-refractivity contribution in [2.75, 3.05) is 0 Å². The van der Waals surface area contributed by atoms with Crippen molar-refractivity contribution >= 4 is 23.2 Å². The van der Waals surface area contributed by atoms with Crippen molar-refractivity contribution in [2.45, 2.75) is 13.1 Å². The molecule has 3 rings (SSSR count). The van der Waals surface area contributed by atoms with Gasteiger partial charge in [0.1, 0.15) is 5.75 Å². The molecule has 0 fully saturated rings. The molecule has 26 heavy (non-hydrogen) atoms. The summed E-state index contributed by atoms with van der Waals surface area (Å²) in [6.07, 6.45) is -3.54. The van der Waals surface area contributed by atoms with Crippen LogP contribution in [0.2, 0.25) is 10.0 Å². The number of nitrogens with one attached hydrogen (secondary N) is 2. The number of halogens is 5. The first-order valence-corrected chi connectivity index (χ1v) is 7.77. The highest BCUT2D eigenvalue weighted by molar-refractivity contribution is 6.42. The average molecular weight is 405 g/mol. The third kappa shape index (κ3) is 3.68. The summed E-state index contributed by atoms with van der Waals surface area (Å²) in [5.74, 6) is -1.48. The fraction of sp³-hybridized carbons (Fsp3) is 0.133. The Balaban J connectivity index is 2.12. The summed E-state index contributed by atoms with van der Waals surface area (Å²) in [5.41, 5.74) is -2.02. The lowest BCUT2D eigenvalue weighted by Crippen LogP contribution is -2.21. The van der Waals surface area contributed by atoms with E-state index in [1.165, 1.54) is 24.4 Å². The SMILES string of the molecule is Cc1cnc(-c2nc(C(F)(F)F)c(Oc3ccc(Cl)c(Cl)c3)c(=O)[nH]2)[nH]1. The number of aryl methyl sites for hydroxylation is 1. The van der Waals surface area contributed by atoms with Gasteiger partial charge in [-0.15, -0.1) is 0 Å². The molecule has 0 saturated heterocycles. The number of hydrogen-bond acceptors (Lipinski definition) is 4. The minimum atomic E-state index is -4.93. The van der Waals surface area contributed by atoms with E-state index in [-0.39, 0.29) is 27.4 Å². The minimum Gasteiger partial charge on any atom is -0.449 e. The predicted molar refractivity (Wildman–Crippen MR) is 88.7 cm³/mol. The maximum absolute atomic E-state index is 13.4. The monoisotopic (exact) mass is 404 g/mol. The Morgan fingerprint density at radius 1 is 1.12 bits per heavy atom. The molecule has 0 bridgehead atoms. The quantitative estimate of drug-likeness (QED) is 0.668. The van der Waals surface area contributed by atoms with Crippen molar-refractivity contribution in [1.29, 1.82) is 0 Å². The summed E-state index contributed by atoms with van der Waals surface area (Å²) in [6.45, 7) is 1.65. The summed E-state index contributed by atoms with van der Waals surface area (Å²) < 4.78 is 45.3. The van der Waals surface area contributed by atoms with Crippen LogP contribution in [0.3, 0.4) is 0 Å². The number of H-pyrrole nitrogens is 2. The highest BCUT2D eigenvalue weighted by Crippen LogP contribution is 2.36. The van der Waals surface area contributed by atoms with Crippen molar-refractivity contribution < 1.29 is 17.9 Å². The first kappa shape index (κ1) is 18.3. The Bertz CT molecular complexity index is 1030. The fourth-order valence-corrected chi connectivity index (χ4v) is 2.34. The van der Waals surface area contributed by atoms with Gasteiger partial charge in [0.05, 0.1) is 10.0 Å². The van der Waals surface area contributed by atoms with Crippen molar-refractivity contribution in [1.82, 2.24) is 19.9 Å². The normalized spacial score (nSPS) is 11.6. The molecule has 0 aliphatic carbocycles. The first-order valence-electron chi connectivity index (χ1n) is 7.01. The number of aromatic amines is 2. The molecule has 0 atom stereocenters. The third-order valence-corrected chi connectivity index (χ3v) is 3.92.